The quantitative estimate of drug-likeness (QED) is 0.183. The van der Waals surface area contributed by atoms with Crippen molar-refractivity contribution in [3.63, 3.8) is 0 Å². The van der Waals surface area contributed by atoms with Gasteiger partial charge in [0.1, 0.15) is 12.2 Å². The summed E-state index contributed by atoms with van der Waals surface area (Å²) in [7, 11) is 0. The lowest BCUT2D eigenvalue weighted by molar-refractivity contribution is 0.0929. The predicted octanol–water partition coefficient (Wildman–Crippen LogP) is 8.15. The van der Waals surface area contributed by atoms with Crippen LogP contribution in [0.25, 0.3) is 11.0 Å². The second-order valence-corrected chi connectivity index (χ2v) is 9.36. The summed E-state index contributed by atoms with van der Waals surface area (Å²) in [5.41, 5.74) is 4.47. The lowest BCUT2D eigenvalue weighted by Crippen LogP contribution is -2.16. The number of hydrogen-bond acceptors (Lipinski definition) is 4. The van der Waals surface area contributed by atoms with Crippen molar-refractivity contribution in [3.05, 3.63) is 96.0 Å². The highest BCUT2D eigenvalue weighted by atomic mass is 79.9. The molecule has 1 N–H and O–H groups in total. The molecule has 1 heterocycles. The Morgan fingerprint density at radius 1 is 1.00 bits per heavy atom. The van der Waals surface area contributed by atoms with E-state index in [2.05, 4.69) is 26.5 Å². The lowest BCUT2D eigenvalue weighted by Gasteiger charge is -2.11. The van der Waals surface area contributed by atoms with E-state index >= 15 is 0 Å². The first-order valence-corrected chi connectivity index (χ1v) is 11.7. The number of nitrogens with zero attached hydrogens (tertiary/aromatic N) is 1. The van der Waals surface area contributed by atoms with E-state index < -0.39 is 5.91 Å². The zero-order chi connectivity index (χ0) is 23.5. The summed E-state index contributed by atoms with van der Waals surface area (Å²) < 4.78 is 12.0. The lowest BCUT2D eigenvalue weighted by atomic mass is 10.2. The average molecular weight is 587 g/mol. The molecule has 1 amide bonds. The van der Waals surface area contributed by atoms with E-state index in [1.165, 1.54) is 6.21 Å². The molecule has 0 radical (unpaired) electrons. The molecule has 0 bridgehead atoms. The van der Waals surface area contributed by atoms with Crippen molar-refractivity contribution in [1.29, 1.82) is 0 Å². The van der Waals surface area contributed by atoms with E-state index in [0.29, 0.717) is 41.5 Å². The van der Waals surface area contributed by atoms with Crippen molar-refractivity contribution >= 4 is 85.4 Å². The van der Waals surface area contributed by atoms with Gasteiger partial charge in [-0.15, -0.1) is 0 Å². The Hall–Kier alpha value is -2.22. The van der Waals surface area contributed by atoms with Crippen LogP contribution < -0.4 is 10.2 Å². The van der Waals surface area contributed by atoms with Crippen LogP contribution >= 0.6 is 62.3 Å². The third-order valence-corrected chi connectivity index (χ3v) is 6.31. The highest BCUT2D eigenvalue weighted by Gasteiger charge is 2.13. The van der Waals surface area contributed by atoms with Crippen LogP contribution in [0.1, 0.15) is 21.7 Å². The summed E-state index contributed by atoms with van der Waals surface area (Å²) in [5, 5.41) is 6.54. The van der Waals surface area contributed by atoms with Gasteiger partial charge in [-0.1, -0.05) is 52.5 Å². The number of halogens is 5. The molecule has 0 atom stereocenters. The zero-order valence-electron chi connectivity index (χ0n) is 16.5. The molecule has 4 rings (SSSR count). The number of benzene rings is 3. The molecule has 0 saturated carbocycles. The fourth-order valence-corrected chi connectivity index (χ4v) is 4.41. The average Bonchev–Trinajstić information content (AvgIpc) is 3.19. The maximum Gasteiger partial charge on any atom is 0.307 e. The number of ether oxygens (including phenoxy) is 1. The molecular formula is C23H13BrCl4N2O3. The van der Waals surface area contributed by atoms with Crippen LogP contribution in [0.5, 0.6) is 5.75 Å². The molecule has 33 heavy (non-hydrogen) atoms. The van der Waals surface area contributed by atoms with Crippen molar-refractivity contribution in [2.45, 2.75) is 6.61 Å². The van der Waals surface area contributed by atoms with Crippen molar-refractivity contribution < 1.29 is 13.9 Å². The Balaban J connectivity index is 1.41. The summed E-state index contributed by atoms with van der Waals surface area (Å²) in [6.07, 6.45) is 1.46. The van der Waals surface area contributed by atoms with Gasteiger partial charge in [-0.25, -0.2) is 5.43 Å². The first-order chi connectivity index (χ1) is 15.8. The molecule has 0 fully saturated rings. The van der Waals surface area contributed by atoms with Crippen molar-refractivity contribution in [1.82, 2.24) is 5.43 Å². The van der Waals surface area contributed by atoms with Gasteiger partial charge in [0, 0.05) is 10.4 Å². The van der Waals surface area contributed by atoms with Crippen molar-refractivity contribution in [3.8, 4) is 5.75 Å². The maximum atomic E-state index is 12.3. The molecular weight excluding hydrogens is 574 g/mol. The van der Waals surface area contributed by atoms with E-state index in [0.717, 1.165) is 10.9 Å². The molecule has 5 nitrogen and oxygen atoms in total. The monoisotopic (exact) mass is 584 g/mol. The molecule has 0 aliphatic carbocycles. The number of hydrazone groups is 1. The predicted molar refractivity (Wildman–Crippen MR) is 136 cm³/mol. The number of fused-ring (bicyclic) bond motifs is 1. The van der Waals surface area contributed by atoms with Gasteiger partial charge in [0.25, 0.3) is 0 Å². The number of carbonyl (C=O) groups is 1. The third-order valence-electron chi connectivity index (χ3n) is 4.47. The summed E-state index contributed by atoms with van der Waals surface area (Å²) in [5.74, 6) is 0.0878. The Bertz CT molecular complexity index is 1360. The SMILES string of the molecule is O=C(N/N=C/c1cc(Cl)c(OCc2ccc(Cl)c(Cl)c2)c(Br)c1)c1cc2cc(Cl)ccc2o1. The fraction of sp³-hybridized carbons (Fsp3) is 0.0435. The van der Waals surface area contributed by atoms with Crippen LogP contribution in [0.3, 0.4) is 0 Å². The summed E-state index contributed by atoms with van der Waals surface area (Å²) in [6, 6.07) is 15.4. The van der Waals surface area contributed by atoms with Crippen molar-refractivity contribution in [2.24, 2.45) is 5.10 Å². The summed E-state index contributed by atoms with van der Waals surface area (Å²) in [6.45, 7) is 0.251. The van der Waals surface area contributed by atoms with Crippen LogP contribution in [0.4, 0.5) is 0 Å². The number of furan rings is 1. The topological polar surface area (TPSA) is 63.8 Å². The first-order valence-electron chi connectivity index (χ1n) is 9.38. The minimum absolute atomic E-state index is 0.120. The second kappa shape index (κ2) is 10.4. The van der Waals surface area contributed by atoms with Crippen molar-refractivity contribution in [2.75, 3.05) is 0 Å². The fourth-order valence-electron chi connectivity index (χ4n) is 2.92. The molecule has 1 aromatic heterocycles. The van der Waals surface area contributed by atoms with E-state index in [1.54, 1.807) is 48.5 Å². The van der Waals surface area contributed by atoms with E-state index in [1.807, 2.05) is 6.07 Å². The third kappa shape index (κ3) is 5.83. The van der Waals surface area contributed by atoms with Gasteiger partial charge >= 0.3 is 5.91 Å². The number of hydrogen-bond donors (Lipinski definition) is 1. The Kier molecular flexibility index (Phi) is 7.51. The van der Waals surface area contributed by atoms with Crippen LogP contribution in [0, 0.1) is 0 Å². The highest BCUT2D eigenvalue weighted by molar-refractivity contribution is 9.10. The minimum Gasteiger partial charge on any atom is -0.486 e. The largest absolute Gasteiger partial charge is 0.486 e. The minimum atomic E-state index is -0.495. The molecule has 168 valence electrons. The van der Waals surface area contributed by atoms with Crippen LogP contribution in [-0.4, -0.2) is 12.1 Å². The summed E-state index contributed by atoms with van der Waals surface area (Å²) in [4.78, 5) is 12.3. The Morgan fingerprint density at radius 2 is 1.82 bits per heavy atom. The van der Waals surface area contributed by atoms with E-state index in [-0.39, 0.29) is 12.4 Å². The maximum absolute atomic E-state index is 12.3. The smallest absolute Gasteiger partial charge is 0.307 e. The van der Waals surface area contributed by atoms with Gasteiger partial charge in [-0.2, -0.15) is 5.10 Å². The van der Waals surface area contributed by atoms with E-state index in [9.17, 15) is 4.79 Å². The normalized spacial score (nSPS) is 11.3. The van der Waals surface area contributed by atoms with Gasteiger partial charge in [0.2, 0.25) is 0 Å². The molecule has 10 heteroatoms. The number of rotatable bonds is 6. The van der Waals surface area contributed by atoms with Gasteiger partial charge < -0.3 is 9.15 Å². The standard InChI is InChI=1S/C23H13BrCl4N2O3/c24-16-5-13(7-19(28)22(16)32-11-12-1-3-17(26)18(27)6-12)10-29-30-23(31)21-9-14-8-15(25)2-4-20(14)33-21/h1-10H,11H2,(H,30,31)/b29-10+. The molecule has 0 saturated heterocycles. The van der Waals surface area contributed by atoms with Gasteiger partial charge in [-0.3, -0.25) is 4.79 Å². The van der Waals surface area contributed by atoms with Crippen LogP contribution in [-0.2, 0) is 6.61 Å². The first kappa shape index (κ1) is 23.9. The molecule has 0 aliphatic rings. The number of carbonyl (C=O) groups excluding carboxylic acids is 1. The number of nitrogens with one attached hydrogen (secondary N) is 1. The molecule has 0 spiro atoms. The molecule has 3 aromatic carbocycles. The van der Waals surface area contributed by atoms with Gasteiger partial charge in [0.05, 0.1) is 25.8 Å². The number of amides is 1. The Morgan fingerprint density at radius 3 is 2.58 bits per heavy atom. The molecule has 0 aliphatic heterocycles. The van der Waals surface area contributed by atoms with Gasteiger partial charge in [-0.05, 0) is 75.6 Å². The van der Waals surface area contributed by atoms with Crippen LogP contribution in [0.15, 0.2) is 68.6 Å². The van der Waals surface area contributed by atoms with Gasteiger partial charge in [0.15, 0.2) is 11.5 Å². The molecule has 0 unspecified atom stereocenters. The Labute approximate surface area is 217 Å². The second-order valence-electron chi connectivity index (χ2n) is 6.84. The molecule has 4 aromatic rings. The van der Waals surface area contributed by atoms with E-state index in [4.69, 9.17) is 55.6 Å². The summed E-state index contributed by atoms with van der Waals surface area (Å²) >= 11 is 27.8. The highest BCUT2D eigenvalue weighted by Crippen LogP contribution is 2.35. The zero-order valence-corrected chi connectivity index (χ0v) is 21.2. The van der Waals surface area contributed by atoms with Crippen LogP contribution in [0.2, 0.25) is 20.1 Å².